The fourth-order valence-electron chi connectivity index (χ4n) is 1.42. The maximum atomic E-state index is 13.3. The van der Waals surface area contributed by atoms with E-state index >= 15 is 0 Å². The predicted octanol–water partition coefficient (Wildman–Crippen LogP) is 3.65. The van der Waals surface area contributed by atoms with Gasteiger partial charge in [0.25, 0.3) is 0 Å². The van der Waals surface area contributed by atoms with E-state index in [1.165, 1.54) is 12.1 Å². The van der Waals surface area contributed by atoms with E-state index in [1.807, 2.05) is 6.92 Å². The Morgan fingerprint density at radius 2 is 2.05 bits per heavy atom. The van der Waals surface area contributed by atoms with Crippen LogP contribution in [0.4, 0.5) is 4.39 Å². The second-order valence-corrected chi connectivity index (χ2v) is 5.31. The van der Waals surface area contributed by atoms with Crippen LogP contribution < -0.4 is 0 Å². The molecule has 3 heteroatoms. The van der Waals surface area contributed by atoms with E-state index in [1.54, 1.807) is 32.9 Å². The Morgan fingerprint density at radius 3 is 2.53 bits per heavy atom. The highest BCUT2D eigenvalue weighted by Crippen LogP contribution is 2.30. The van der Waals surface area contributed by atoms with Crippen LogP contribution in [0.5, 0.6) is 0 Å². The molecule has 0 spiro atoms. The summed E-state index contributed by atoms with van der Waals surface area (Å²) in [7, 11) is 0. The van der Waals surface area contributed by atoms with Gasteiger partial charge in [-0.2, -0.15) is 0 Å². The fraction of sp³-hybridized carbons (Fsp3) is 0.438. The molecule has 1 atom stereocenters. The summed E-state index contributed by atoms with van der Waals surface area (Å²) in [6.07, 6.45) is 6.11. The van der Waals surface area contributed by atoms with Crippen molar-refractivity contribution in [3.8, 4) is 12.3 Å². The molecule has 0 saturated carbocycles. The quantitative estimate of drug-likeness (QED) is 0.611. The normalized spacial score (nSPS) is 14.3. The first-order valence-corrected chi connectivity index (χ1v) is 6.22. The standard InChI is InChI=1S/C16H19FO2/c1-6-15(3,4)14(18)19-16(5,7-2)12-9-8-10-13(17)11-12/h2,8-11H,6H2,1,3-5H3. The highest BCUT2D eigenvalue weighted by Gasteiger charge is 2.35. The molecule has 0 bridgehead atoms. The van der Waals surface area contributed by atoms with Gasteiger partial charge < -0.3 is 4.74 Å². The summed E-state index contributed by atoms with van der Waals surface area (Å²) in [5.41, 5.74) is -1.42. The molecule has 0 radical (unpaired) electrons. The molecule has 0 N–H and O–H groups in total. The molecular weight excluding hydrogens is 243 g/mol. The van der Waals surface area contributed by atoms with E-state index in [9.17, 15) is 9.18 Å². The SMILES string of the molecule is C#CC(C)(OC(=O)C(C)(C)CC)c1cccc(F)c1. The Bertz CT molecular complexity index is 514. The molecule has 0 aliphatic carbocycles. The third-order valence-electron chi connectivity index (χ3n) is 3.38. The molecular formula is C16H19FO2. The van der Waals surface area contributed by atoms with Crippen LogP contribution in [0, 0.1) is 23.6 Å². The van der Waals surface area contributed by atoms with Crippen LogP contribution in [0.15, 0.2) is 24.3 Å². The Morgan fingerprint density at radius 1 is 1.42 bits per heavy atom. The monoisotopic (exact) mass is 262 g/mol. The first kappa shape index (κ1) is 15.2. The second-order valence-electron chi connectivity index (χ2n) is 5.31. The lowest BCUT2D eigenvalue weighted by Gasteiger charge is -2.29. The number of terminal acetylenes is 1. The number of rotatable bonds is 4. The molecule has 19 heavy (non-hydrogen) atoms. The number of carbonyl (C=O) groups is 1. The molecule has 1 aromatic rings. The van der Waals surface area contributed by atoms with Crippen LogP contribution in [-0.4, -0.2) is 5.97 Å². The number of ether oxygens (including phenoxy) is 1. The minimum atomic E-state index is -1.26. The summed E-state index contributed by atoms with van der Waals surface area (Å²) in [6.45, 7) is 7.07. The maximum absolute atomic E-state index is 13.3. The molecule has 2 nitrogen and oxygen atoms in total. The molecule has 0 amide bonds. The Labute approximate surface area is 114 Å². The molecule has 0 aromatic heterocycles. The molecule has 1 rings (SSSR count). The topological polar surface area (TPSA) is 26.3 Å². The summed E-state index contributed by atoms with van der Waals surface area (Å²) >= 11 is 0. The Balaban J connectivity index is 3.07. The predicted molar refractivity (Wildman–Crippen MR) is 72.7 cm³/mol. The van der Waals surface area contributed by atoms with Crippen molar-refractivity contribution in [2.75, 3.05) is 0 Å². The largest absolute Gasteiger partial charge is 0.441 e. The zero-order chi connectivity index (χ0) is 14.7. The van der Waals surface area contributed by atoms with Crippen LogP contribution in [0.1, 0.15) is 39.7 Å². The van der Waals surface area contributed by atoms with E-state index in [-0.39, 0.29) is 5.97 Å². The number of esters is 1. The third-order valence-corrected chi connectivity index (χ3v) is 3.38. The summed E-state index contributed by atoms with van der Waals surface area (Å²) in [6, 6.07) is 5.79. The van der Waals surface area contributed by atoms with Crippen molar-refractivity contribution >= 4 is 5.97 Å². The van der Waals surface area contributed by atoms with E-state index in [0.29, 0.717) is 12.0 Å². The number of hydrogen-bond acceptors (Lipinski definition) is 2. The first-order valence-electron chi connectivity index (χ1n) is 6.22. The highest BCUT2D eigenvalue weighted by molar-refractivity contribution is 5.76. The van der Waals surface area contributed by atoms with Gasteiger partial charge in [0.1, 0.15) is 5.82 Å². The van der Waals surface area contributed by atoms with Gasteiger partial charge in [0.15, 0.2) is 5.60 Å². The van der Waals surface area contributed by atoms with Crippen molar-refractivity contribution in [3.05, 3.63) is 35.6 Å². The smallest absolute Gasteiger partial charge is 0.313 e. The number of halogens is 1. The van der Waals surface area contributed by atoms with Crippen molar-refractivity contribution in [3.63, 3.8) is 0 Å². The average Bonchev–Trinajstić information content (AvgIpc) is 2.38. The maximum Gasteiger partial charge on any atom is 0.313 e. The summed E-state index contributed by atoms with van der Waals surface area (Å²) in [5.74, 6) is 1.64. The fourth-order valence-corrected chi connectivity index (χ4v) is 1.42. The average molecular weight is 262 g/mol. The zero-order valence-corrected chi connectivity index (χ0v) is 11.8. The number of carbonyl (C=O) groups excluding carboxylic acids is 1. The van der Waals surface area contributed by atoms with Gasteiger partial charge in [-0.25, -0.2) is 4.39 Å². The highest BCUT2D eigenvalue weighted by atomic mass is 19.1. The summed E-state index contributed by atoms with van der Waals surface area (Å²) in [5, 5.41) is 0. The van der Waals surface area contributed by atoms with Crippen molar-refractivity contribution < 1.29 is 13.9 Å². The van der Waals surface area contributed by atoms with Crippen molar-refractivity contribution in [2.24, 2.45) is 5.41 Å². The van der Waals surface area contributed by atoms with Gasteiger partial charge in [0, 0.05) is 5.56 Å². The van der Waals surface area contributed by atoms with Gasteiger partial charge in [0.2, 0.25) is 0 Å². The second kappa shape index (κ2) is 5.44. The summed E-state index contributed by atoms with van der Waals surface area (Å²) < 4.78 is 18.7. The number of hydrogen-bond donors (Lipinski definition) is 0. The van der Waals surface area contributed by atoms with Crippen molar-refractivity contribution in [1.82, 2.24) is 0 Å². The number of benzene rings is 1. The van der Waals surface area contributed by atoms with Crippen molar-refractivity contribution in [2.45, 2.75) is 39.7 Å². The molecule has 0 aliphatic heterocycles. The van der Waals surface area contributed by atoms with Crippen LogP contribution in [0.25, 0.3) is 0 Å². The minimum Gasteiger partial charge on any atom is -0.441 e. The van der Waals surface area contributed by atoms with Gasteiger partial charge in [-0.3, -0.25) is 4.79 Å². The van der Waals surface area contributed by atoms with E-state index in [0.717, 1.165) is 0 Å². The molecule has 0 saturated heterocycles. The zero-order valence-electron chi connectivity index (χ0n) is 11.8. The van der Waals surface area contributed by atoms with Crippen molar-refractivity contribution in [1.29, 1.82) is 0 Å². The molecule has 102 valence electrons. The van der Waals surface area contributed by atoms with E-state index < -0.39 is 16.8 Å². The minimum absolute atomic E-state index is 0.389. The molecule has 1 aromatic carbocycles. The third kappa shape index (κ3) is 3.35. The summed E-state index contributed by atoms with van der Waals surface area (Å²) in [4.78, 5) is 12.1. The lowest BCUT2D eigenvalue weighted by molar-refractivity contribution is -0.164. The van der Waals surface area contributed by atoms with Gasteiger partial charge in [-0.15, -0.1) is 6.42 Å². The molecule has 1 unspecified atom stereocenters. The molecule has 0 heterocycles. The molecule has 0 fully saturated rings. The Hall–Kier alpha value is -1.82. The van der Waals surface area contributed by atoms with Gasteiger partial charge >= 0.3 is 5.97 Å². The van der Waals surface area contributed by atoms with Crippen LogP contribution in [-0.2, 0) is 15.1 Å². The van der Waals surface area contributed by atoms with Crippen LogP contribution >= 0.6 is 0 Å². The van der Waals surface area contributed by atoms with E-state index in [2.05, 4.69) is 5.92 Å². The Kier molecular flexibility index (Phi) is 4.36. The van der Waals surface area contributed by atoms with Crippen LogP contribution in [0.2, 0.25) is 0 Å². The van der Waals surface area contributed by atoms with Gasteiger partial charge in [-0.05, 0) is 39.3 Å². The first-order chi connectivity index (χ1) is 8.75. The van der Waals surface area contributed by atoms with Gasteiger partial charge in [0.05, 0.1) is 5.41 Å². The molecule has 0 aliphatic rings. The van der Waals surface area contributed by atoms with Crippen LogP contribution in [0.3, 0.4) is 0 Å². The van der Waals surface area contributed by atoms with Gasteiger partial charge in [-0.1, -0.05) is 25.0 Å². The lowest BCUT2D eigenvalue weighted by atomic mass is 9.89. The lowest BCUT2D eigenvalue weighted by Crippen LogP contribution is -2.35. The van der Waals surface area contributed by atoms with E-state index in [4.69, 9.17) is 11.2 Å².